The maximum Gasteiger partial charge on any atom is 0.257 e. The van der Waals surface area contributed by atoms with Gasteiger partial charge in [0, 0.05) is 38.1 Å². The summed E-state index contributed by atoms with van der Waals surface area (Å²) in [4.78, 5) is 20.4. The van der Waals surface area contributed by atoms with Gasteiger partial charge in [0.2, 0.25) is 0 Å². The van der Waals surface area contributed by atoms with Crippen molar-refractivity contribution in [2.45, 2.75) is 6.92 Å². The molecule has 0 aromatic carbocycles. The minimum atomic E-state index is -0.0180. The Hall–Kier alpha value is -1.13. The third kappa shape index (κ3) is 2.76. The molecule has 0 N–H and O–H groups in total. The molecule has 17 heavy (non-hydrogen) atoms. The second-order valence-electron chi connectivity index (χ2n) is 4.40. The Labute approximate surface area is 106 Å². The largest absolute Gasteiger partial charge is 0.336 e. The van der Waals surface area contributed by atoms with E-state index in [9.17, 15) is 4.79 Å². The number of halogens is 1. The van der Waals surface area contributed by atoms with Crippen molar-refractivity contribution in [3.8, 4) is 0 Å². The van der Waals surface area contributed by atoms with Gasteiger partial charge in [0.05, 0.1) is 10.6 Å². The van der Waals surface area contributed by atoms with Crippen molar-refractivity contribution in [2.24, 2.45) is 0 Å². The van der Waals surface area contributed by atoms with E-state index >= 15 is 0 Å². The van der Waals surface area contributed by atoms with Gasteiger partial charge < -0.3 is 9.80 Å². The van der Waals surface area contributed by atoms with Gasteiger partial charge in [-0.05, 0) is 20.0 Å². The van der Waals surface area contributed by atoms with Crippen LogP contribution in [0.1, 0.15) is 16.1 Å². The zero-order chi connectivity index (χ0) is 12.4. The van der Waals surface area contributed by atoms with E-state index in [2.05, 4.69) is 16.9 Å². The molecular weight excluding hydrogens is 238 g/mol. The van der Waals surface area contributed by atoms with Crippen molar-refractivity contribution in [1.29, 1.82) is 0 Å². The van der Waals surface area contributed by atoms with Crippen molar-refractivity contribution in [2.75, 3.05) is 33.2 Å². The molecule has 0 unspecified atom stereocenters. The average Bonchev–Trinajstić information content (AvgIpc) is 2.29. The lowest BCUT2D eigenvalue weighted by Gasteiger charge is -2.32. The molecule has 2 heterocycles. The van der Waals surface area contributed by atoms with Crippen LogP contribution in [0, 0.1) is 6.92 Å². The monoisotopic (exact) mass is 253 g/mol. The van der Waals surface area contributed by atoms with Crippen molar-refractivity contribution >= 4 is 17.5 Å². The van der Waals surface area contributed by atoms with Gasteiger partial charge in [-0.3, -0.25) is 9.78 Å². The number of piperazine rings is 1. The van der Waals surface area contributed by atoms with E-state index < -0.39 is 0 Å². The molecule has 5 heteroatoms. The molecule has 0 bridgehead atoms. The fourth-order valence-corrected chi connectivity index (χ4v) is 2.15. The minimum absolute atomic E-state index is 0.0180. The smallest absolute Gasteiger partial charge is 0.257 e. The van der Waals surface area contributed by atoms with Crippen LogP contribution in [-0.4, -0.2) is 53.9 Å². The number of amides is 1. The number of pyridine rings is 1. The Balaban J connectivity index is 2.14. The molecule has 0 aliphatic carbocycles. The zero-order valence-corrected chi connectivity index (χ0v) is 10.9. The van der Waals surface area contributed by atoms with E-state index in [1.54, 1.807) is 12.3 Å². The molecule has 1 amide bonds. The summed E-state index contributed by atoms with van der Waals surface area (Å²) in [6, 6.07) is 1.73. The molecule has 1 aromatic heterocycles. The van der Waals surface area contributed by atoms with Gasteiger partial charge in [-0.25, -0.2) is 0 Å². The first kappa shape index (κ1) is 12.3. The van der Waals surface area contributed by atoms with Crippen LogP contribution in [0.5, 0.6) is 0 Å². The van der Waals surface area contributed by atoms with E-state index in [0.29, 0.717) is 10.6 Å². The topological polar surface area (TPSA) is 36.4 Å². The van der Waals surface area contributed by atoms with Crippen LogP contribution in [0.15, 0.2) is 12.3 Å². The average molecular weight is 254 g/mol. The second-order valence-corrected chi connectivity index (χ2v) is 4.81. The molecule has 0 spiro atoms. The van der Waals surface area contributed by atoms with Crippen molar-refractivity contribution in [3.05, 3.63) is 28.5 Å². The lowest BCUT2D eigenvalue weighted by atomic mass is 10.2. The van der Waals surface area contributed by atoms with Crippen LogP contribution in [0.3, 0.4) is 0 Å². The molecule has 4 nitrogen and oxygen atoms in total. The molecule has 0 atom stereocenters. The molecule has 1 saturated heterocycles. The Bertz CT molecular complexity index is 428. The molecule has 1 aliphatic heterocycles. The highest BCUT2D eigenvalue weighted by molar-refractivity contribution is 6.33. The summed E-state index contributed by atoms with van der Waals surface area (Å²) in [6.07, 6.45) is 1.57. The van der Waals surface area contributed by atoms with Crippen LogP contribution >= 0.6 is 11.6 Å². The first-order chi connectivity index (χ1) is 8.08. The summed E-state index contributed by atoms with van der Waals surface area (Å²) in [7, 11) is 2.06. The minimum Gasteiger partial charge on any atom is -0.336 e. The predicted molar refractivity (Wildman–Crippen MR) is 67.4 cm³/mol. The van der Waals surface area contributed by atoms with Gasteiger partial charge in [0.1, 0.15) is 0 Å². The predicted octanol–water partition coefficient (Wildman–Crippen LogP) is 1.43. The summed E-state index contributed by atoms with van der Waals surface area (Å²) in [5, 5.41) is 0.487. The van der Waals surface area contributed by atoms with Crippen molar-refractivity contribution in [3.63, 3.8) is 0 Å². The van der Waals surface area contributed by atoms with E-state index in [1.165, 1.54) is 0 Å². The normalized spacial score (nSPS) is 17.2. The maximum absolute atomic E-state index is 12.2. The quantitative estimate of drug-likeness (QED) is 0.760. The van der Waals surface area contributed by atoms with Crippen LogP contribution < -0.4 is 0 Å². The van der Waals surface area contributed by atoms with Crippen LogP contribution in [0.2, 0.25) is 5.02 Å². The Morgan fingerprint density at radius 3 is 2.59 bits per heavy atom. The molecule has 1 fully saturated rings. The zero-order valence-electron chi connectivity index (χ0n) is 10.1. The van der Waals surface area contributed by atoms with Crippen LogP contribution in [0.4, 0.5) is 0 Å². The number of rotatable bonds is 1. The summed E-state index contributed by atoms with van der Waals surface area (Å²) >= 11 is 6.07. The fourth-order valence-electron chi connectivity index (χ4n) is 1.86. The summed E-state index contributed by atoms with van der Waals surface area (Å²) in [6.45, 7) is 5.17. The molecule has 92 valence electrons. The van der Waals surface area contributed by atoms with Crippen LogP contribution in [-0.2, 0) is 0 Å². The van der Waals surface area contributed by atoms with Gasteiger partial charge in [-0.15, -0.1) is 0 Å². The molecule has 0 saturated carbocycles. The number of carbonyl (C=O) groups is 1. The number of hydrogen-bond donors (Lipinski definition) is 0. The molecular formula is C12H16ClN3O. The third-order valence-electron chi connectivity index (χ3n) is 3.01. The lowest BCUT2D eigenvalue weighted by molar-refractivity contribution is 0.0664. The fraction of sp³-hybridized carbons (Fsp3) is 0.500. The van der Waals surface area contributed by atoms with Gasteiger partial charge >= 0.3 is 0 Å². The first-order valence-electron chi connectivity index (χ1n) is 5.68. The number of likely N-dealkylation sites (N-methyl/N-ethyl adjacent to an activating group) is 1. The summed E-state index contributed by atoms with van der Waals surface area (Å²) in [5.41, 5.74) is 1.33. The first-order valence-corrected chi connectivity index (χ1v) is 6.05. The van der Waals surface area contributed by atoms with E-state index in [0.717, 1.165) is 31.9 Å². The lowest BCUT2D eigenvalue weighted by Crippen LogP contribution is -2.47. The summed E-state index contributed by atoms with van der Waals surface area (Å²) in [5.74, 6) is -0.0180. The Morgan fingerprint density at radius 2 is 2.00 bits per heavy atom. The van der Waals surface area contributed by atoms with Crippen molar-refractivity contribution in [1.82, 2.24) is 14.8 Å². The Kier molecular flexibility index (Phi) is 3.64. The molecule has 0 radical (unpaired) electrons. The van der Waals surface area contributed by atoms with E-state index in [4.69, 9.17) is 11.6 Å². The molecule has 2 rings (SSSR count). The van der Waals surface area contributed by atoms with E-state index in [1.807, 2.05) is 11.8 Å². The maximum atomic E-state index is 12.2. The highest BCUT2D eigenvalue weighted by Gasteiger charge is 2.22. The van der Waals surface area contributed by atoms with Gasteiger partial charge in [-0.1, -0.05) is 11.6 Å². The van der Waals surface area contributed by atoms with Crippen LogP contribution in [0.25, 0.3) is 0 Å². The van der Waals surface area contributed by atoms with Gasteiger partial charge in [-0.2, -0.15) is 0 Å². The van der Waals surface area contributed by atoms with Crippen molar-refractivity contribution < 1.29 is 4.79 Å². The number of carbonyl (C=O) groups excluding carboxylic acids is 1. The number of hydrogen-bond acceptors (Lipinski definition) is 3. The second kappa shape index (κ2) is 5.02. The SMILES string of the molecule is Cc1cc(Cl)c(C(=O)N2CCN(C)CC2)cn1. The molecule has 1 aliphatic rings. The summed E-state index contributed by atoms with van der Waals surface area (Å²) < 4.78 is 0. The standard InChI is InChI=1S/C12H16ClN3O/c1-9-7-11(13)10(8-14-9)12(17)16-5-3-15(2)4-6-16/h7-8H,3-6H2,1-2H3. The molecule has 1 aromatic rings. The van der Waals surface area contributed by atoms with E-state index in [-0.39, 0.29) is 5.91 Å². The van der Waals surface area contributed by atoms with Gasteiger partial charge in [0.25, 0.3) is 5.91 Å². The third-order valence-corrected chi connectivity index (χ3v) is 3.32. The Morgan fingerprint density at radius 1 is 1.35 bits per heavy atom. The van der Waals surface area contributed by atoms with Gasteiger partial charge in [0.15, 0.2) is 0 Å². The number of nitrogens with zero attached hydrogens (tertiary/aromatic N) is 3. The number of aryl methyl sites for hydroxylation is 1. The number of aromatic nitrogens is 1. The highest BCUT2D eigenvalue weighted by atomic mass is 35.5. The highest BCUT2D eigenvalue weighted by Crippen LogP contribution is 2.18.